The first-order valence-electron chi connectivity index (χ1n) is 29.3. The van der Waals surface area contributed by atoms with Gasteiger partial charge in [0.1, 0.15) is 32.6 Å². The van der Waals surface area contributed by atoms with Gasteiger partial charge in [-0.1, -0.05) is 69.3 Å². The van der Waals surface area contributed by atoms with Crippen molar-refractivity contribution in [2.24, 2.45) is 46.3 Å². The van der Waals surface area contributed by atoms with Crippen LogP contribution >= 0.6 is 0 Å². The molecule has 6 unspecified atom stereocenters. The van der Waals surface area contributed by atoms with Gasteiger partial charge < -0.3 is 47.9 Å². The van der Waals surface area contributed by atoms with Crippen molar-refractivity contribution < 1.29 is 52.2 Å². The van der Waals surface area contributed by atoms with E-state index in [1.165, 1.54) is 62.5 Å². The predicted octanol–water partition coefficient (Wildman–Crippen LogP) is 13.0. The molecule has 0 bridgehead atoms. The van der Waals surface area contributed by atoms with E-state index in [-0.39, 0.29) is 75.8 Å². The van der Waals surface area contributed by atoms with Gasteiger partial charge >= 0.3 is 12.1 Å². The van der Waals surface area contributed by atoms with E-state index in [9.17, 15) is 9.59 Å². The molecule has 2 N–H and O–H groups in total. The second-order valence-electron chi connectivity index (χ2n) is 26.8. The van der Waals surface area contributed by atoms with Crippen LogP contribution in [0.2, 0.25) is 0 Å². The van der Waals surface area contributed by atoms with Gasteiger partial charge in [0.15, 0.2) is 0 Å². The first kappa shape index (κ1) is 60.5. The molecule has 0 aliphatic heterocycles. The Morgan fingerprint density at radius 2 is 1.30 bits per heavy atom. The van der Waals surface area contributed by atoms with Crippen LogP contribution in [0.25, 0.3) is 11.1 Å². The van der Waals surface area contributed by atoms with E-state index in [1.54, 1.807) is 0 Å². The first-order chi connectivity index (χ1) is 36.0. The Labute approximate surface area is 458 Å². The summed E-state index contributed by atoms with van der Waals surface area (Å²) in [5.41, 5.74) is 4.32. The molecule has 2 aromatic carbocycles. The normalized spacial score (nSPS) is 27.6. The average Bonchev–Trinajstić information content (AvgIpc) is 3.96. The molecule has 0 saturated heterocycles. The van der Waals surface area contributed by atoms with Gasteiger partial charge in [-0.3, -0.25) is 10.1 Å². The summed E-state index contributed by atoms with van der Waals surface area (Å²) in [5.74, 6) is 4.29. The smallest absolute Gasteiger partial charge is 0.407 e. The fourth-order valence-corrected chi connectivity index (χ4v) is 14.3. The monoisotopic (exact) mass is 1060 g/mol. The molecule has 2 aromatic rings. The van der Waals surface area contributed by atoms with E-state index in [4.69, 9.17) is 42.6 Å². The van der Waals surface area contributed by atoms with Gasteiger partial charge in [-0.05, 0) is 208 Å². The molecular weight excluding hydrogens is 961 g/mol. The summed E-state index contributed by atoms with van der Waals surface area (Å²) in [6, 6.07) is 15.8. The van der Waals surface area contributed by atoms with Gasteiger partial charge in [-0.2, -0.15) is 0 Å². The molecule has 13 nitrogen and oxygen atoms in total. The van der Waals surface area contributed by atoms with Crippen LogP contribution in [-0.2, 0) is 47.4 Å². The minimum atomic E-state index is -0.623. The number of nitrogens with one attached hydrogen (secondary N) is 2. The van der Waals surface area contributed by atoms with E-state index in [0.29, 0.717) is 36.6 Å². The largest absolute Gasteiger partial charge is 0.460 e. The molecule has 4 fully saturated rings. The van der Waals surface area contributed by atoms with Gasteiger partial charge in [-0.25, -0.2) is 4.79 Å². The average molecular weight is 1060 g/mol. The number of benzene rings is 2. The lowest BCUT2D eigenvalue weighted by molar-refractivity contribution is -0.162. The Kier molecular flexibility index (Phi) is 21.4. The highest BCUT2D eigenvalue weighted by Gasteiger charge is 2.60. The number of esters is 1. The van der Waals surface area contributed by atoms with Crippen LogP contribution in [-0.4, -0.2) is 107 Å². The molecule has 76 heavy (non-hydrogen) atoms. The maximum Gasteiger partial charge on any atom is 0.407 e. The summed E-state index contributed by atoms with van der Waals surface area (Å²) in [4.78, 5) is 26.5. The molecular formula is C63H100N2O11. The van der Waals surface area contributed by atoms with Gasteiger partial charge in [0.25, 0.3) is 0 Å². The van der Waals surface area contributed by atoms with Gasteiger partial charge in [-0.15, -0.1) is 0 Å². The Morgan fingerprint density at radius 1 is 0.671 bits per heavy atom. The van der Waals surface area contributed by atoms with Crippen molar-refractivity contribution in [3.8, 4) is 11.1 Å². The molecule has 1 amide bonds. The zero-order chi connectivity index (χ0) is 54.7. The van der Waals surface area contributed by atoms with Crippen LogP contribution in [0, 0.1) is 46.3 Å². The molecule has 7 rings (SSSR count). The third-order valence-corrected chi connectivity index (χ3v) is 18.1. The first-order valence-corrected chi connectivity index (χ1v) is 29.3. The summed E-state index contributed by atoms with van der Waals surface area (Å²) in [7, 11) is 0. The second kappa shape index (κ2) is 26.9. The topological polar surface area (TPSA) is 141 Å². The SMILES string of the molecule is C[C@H](CCCOCOC(C)(C)C)C1CC[C@H]2C3CCC4C[C@@H](OCOC[C@H](CC(=O)OC(C)(C)C)NCOCC(CCOCOC(C)(C)C)NC(=O)OCC5c6ccccc6-c6ccccc65)CCC4(C)[C@H]3CCC12C. The summed E-state index contributed by atoms with van der Waals surface area (Å²) >= 11 is 0. The van der Waals surface area contributed by atoms with E-state index in [1.807, 2.05) is 65.8 Å². The van der Waals surface area contributed by atoms with E-state index in [0.717, 1.165) is 66.6 Å². The van der Waals surface area contributed by atoms with Crippen LogP contribution in [0.3, 0.4) is 0 Å². The van der Waals surface area contributed by atoms with Crippen LogP contribution in [0.5, 0.6) is 0 Å². The van der Waals surface area contributed by atoms with Crippen molar-refractivity contribution >= 4 is 12.1 Å². The van der Waals surface area contributed by atoms with Gasteiger partial charge in [0, 0.05) is 18.6 Å². The lowest BCUT2D eigenvalue weighted by atomic mass is 9.44. The number of carbonyl (C=O) groups excluding carboxylic acids is 2. The van der Waals surface area contributed by atoms with Crippen LogP contribution in [0.1, 0.15) is 184 Å². The molecule has 0 radical (unpaired) electrons. The molecule has 13 heteroatoms. The second-order valence-corrected chi connectivity index (χ2v) is 26.8. The number of fused-ring (bicyclic) bond motifs is 8. The number of hydrogen-bond acceptors (Lipinski definition) is 12. The maximum atomic E-state index is 13.4. The third kappa shape index (κ3) is 16.7. The zero-order valence-electron chi connectivity index (χ0n) is 48.9. The van der Waals surface area contributed by atoms with Crippen molar-refractivity contribution in [2.75, 3.05) is 60.1 Å². The van der Waals surface area contributed by atoms with Crippen molar-refractivity contribution in [1.29, 1.82) is 0 Å². The number of hydrogen-bond donors (Lipinski definition) is 2. The van der Waals surface area contributed by atoms with Crippen LogP contribution in [0.4, 0.5) is 4.79 Å². The van der Waals surface area contributed by atoms with Crippen LogP contribution < -0.4 is 10.6 Å². The highest BCUT2D eigenvalue weighted by Crippen LogP contribution is 2.68. The number of amides is 1. The molecule has 0 spiro atoms. The van der Waals surface area contributed by atoms with Crippen molar-refractivity contribution in [3.05, 3.63) is 59.7 Å². The van der Waals surface area contributed by atoms with Crippen molar-refractivity contribution in [2.45, 2.75) is 207 Å². The Bertz CT molecular complexity index is 2090. The zero-order valence-corrected chi connectivity index (χ0v) is 48.9. The molecule has 11 atom stereocenters. The lowest BCUT2D eigenvalue weighted by Gasteiger charge is -2.61. The Hall–Kier alpha value is -3.14. The molecule has 4 saturated carbocycles. The van der Waals surface area contributed by atoms with E-state index < -0.39 is 23.8 Å². The summed E-state index contributed by atoms with van der Waals surface area (Å²) in [5, 5.41) is 6.39. The van der Waals surface area contributed by atoms with E-state index in [2.05, 4.69) is 76.4 Å². The lowest BCUT2D eigenvalue weighted by Crippen LogP contribution is -2.54. The highest BCUT2D eigenvalue weighted by atomic mass is 16.7. The fraction of sp³-hybridized carbons (Fsp3) is 0.778. The minimum absolute atomic E-state index is 0.0564. The minimum Gasteiger partial charge on any atom is -0.460 e. The van der Waals surface area contributed by atoms with Gasteiger partial charge in [0.2, 0.25) is 0 Å². The van der Waals surface area contributed by atoms with Gasteiger partial charge in [0.05, 0.1) is 56.3 Å². The molecule has 0 aromatic heterocycles. The molecule has 428 valence electrons. The number of ether oxygens (including phenoxy) is 9. The van der Waals surface area contributed by atoms with Crippen molar-refractivity contribution in [1.82, 2.24) is 10.6 Å². The molecule has 5 aliphatic carbocycles. The number of rotatable bonds is 27. The van der Waals surface area contributed by atoms with E-state index >= 15 is 0 Å². The maximum absolute atomic E-state index is 13.4. The highest BCUT2D eigenvalue weighted by molar-refractivity contribution is 5.79. The van der Waals surface area contributed by atoms with Crippen molar-refractivity contribution in [3.63, 3.8) is 0 Å². The summed E-state index contributed by atoms with van der Waals surface area (Å²) in [6.07, 6.45) is 14.0. The fourth-order valence-electron chi connectivity index (χ4n) is 14.3. The Balaban J connectivity index is 0.860. The molecule has 0 heterocycles. The third-order valence-electron chi connectivity index (χ3n) is 18.1. The Morgan fingerprint density at radius 3 is 1.97 bits per heavy atom. The summed E-state index contributed by atoms with van der Waals surface area (Å²) < 4.78 is 53.7. The number of alkyl carbamates (subject to hydrolysis) is 1. The molecule has 5 aliphatic rings. The number of carbonyl (C=O) groups is 2. The summed E-state index contributed by atoms with van der Waals surface area (Å²) in [6.45, 7) is 28.1. The van der Waals surface area contributed by atoms with Crippen LogP contribution in [0.15, 0.2) is 48.5 Å². The standard InChI is InChI=1S/C63H100N2O11/c1-43(18-17-32-68-41-74-59(2,3)4)54-25-26-55-52-24-23-44-34-47(27-30-62(44,11)56(52)28-31-63(54,55)12)73-40-71-37-46(35-57(66)76-61(8,9)10)64-39-70-36-45(29-33-69-42-75-60(5,6)7)65-58(67)72-38-53-50-21-15-13-19-48(50)49-20-14-16-22-51(49)53/h13-16,19-22,43-47,52-56,64H,17-18,23-42H2,1-12H3,(H,65,67)/t43-,44?,45?,46+,47+,52?,54?,55+,56+,62?,63?/m1/s1. The predicted molar refractivity (Wildman–Crippen MR) is 297 cm³/mol. The quantitative estimate of drug-likeness (QED) is 0.0500.